The number of pyridine rings is 2. The van der Waals surface area contributed by atoms with Crippen molar-refractivity contribution < 1.29 is 14.3 Å². The van der Waals surface area contributed by atoms with Crippen LogP contribution in [0.2, 0.25) is 0 Å². The Morgan fingerprint density at radius 3 is 2.88 bits per heavy atom. The van der Waals surface area contributed by atoms with Crippen LogP contribution in [-0.2, 0) is 4.74 Å². The summed E-state index contributed by atoms with van der Waals surface area (Å²) in [4.78, 5) is 36.6. The standard InChI is InChI=1S/C25H28N4O3/c1-4-32-25(31)18-8-5-9-19(13-18)28-22-20-11-10-17(3)27-23(20)26-14-21(22)24(30)29-12-6-7-16(2)15-29/h5,8-11,13-14,16H,4,6-7,12,15H2,1-3H3,(H,26,27,28). The number of carbonyl (C=O) groups is 2. The maximum atomic E-state index is 13.5. The third-order valence-electron chi connectivity index (χ3n) is 5.69. The number of aryl methyl sites for hydroxylation is 1. The number of ether oxygens (including phenoxy) is 1. The van der Waals surface area contributed by atoms with Crippen molar-refractivity contribution >= 4 is 34.3 Å². The molecule has 0 bridgehead atoms. The number of hydrogen-bond donors (Lipinski definition) is 1. The minimum Gasteiger partial charge on any atom is -0.462 e. The second-order valence-electron chi connectivity index (χ2n) is 8.30. The van der Waals surface area contributed by atoms with Crippen molar-refractivity contribution in [3.05, 3.63) is 59.4 Å². The predicted octanol–water partition coefficient (Wildman–Crippen LogP) is 4.73. The summed E-state index contributed by atoms with van der Waals surface area (Å²) in [7, 11) is 0. The highest BCUT2D eigenvalue weighted by molar-refractivity contribution is 6.07. The summed E-state index contributed by atoms with van der Waals surface area (Å²) in [6.07, 6.45) is 3.74. The van der Waals surface area contributed by atoms with Gasteiger partial charge in [0.25, 0.3) is 5.91 Å². The lowest BCUT2D eigenvalue weighted by atomic mass is 9.99. The zero-order valence-corrected chi connectivity index (χ0v) is 18.7. The minimum absolute atomic E-state index is 0.0458. The summed E-state index contributed by atoms with van der Waals surface area (Å²) < 4.78 is 5.12. The van der Waals surface area contributed by atoms with Crippen molar-refractivity contribution in [1.29, 1.82) is 0 Å². The molecule has 0 spiro atoms. The lowest BCUT2D eigenvalue weighted by Crippen LogP contribution is -2.39. The summed E-state index contributed by atoms with van der Waals surface area (Å²) >= 11 is 0. The number of rotatable bonds is 5. The van der Waals surface area contributed by atoms with E-state index in [1.807, 2.05) is 30.0 Å². The number of piperidine rings is 1. The van der Waals surface area contributed by atoms with Crippen molar-refractivity contribution in [2.75, 3.05) is 25.0 Å². The van der Waals surface area contributed by atoms with Gasteiger partial charge in [0.2, 0.25) is 0 Å². The number of anilines is 2. The van der Waals surface area contributed by atoms with E-state index in [0.29, 0.717) is 40.7 Å². The zero-order chi connectivity index (χ0) is 22.7. The Kier molecular flexibility index (Phi) is 6.35. The normalized spacial score (nSPS) is 16.1. The van der Waals surface area contributed by atoms with E-state index >= 15 is 0 Å². The number of likely N-dealkylation sites (tertiary alicyclic amines) is 1. The van der Waals surface area contributed by atoms with Gasteiger partial charge in [-0.15, -0.1) is 0 Å². The predicted molar refractivity (Wildman–Crippen MR) is 124 cm³/mol. The molecule has 1 saturated heterocycles. The van der Waals surface area contributed by atoms with Crippen LogP contribution in [-0.4, -0.2) is 46.4 Å². The number of nitrogens with one attached hydrogen (secondary N) is 1. The molecule has 166 valence electrons. The number of amides is 1. The number of nitrogens with zero attached hydrogens (tertiary/aromatic N) is 3. The average Bonchev–Trinajstić information content (AvgIpc) is 2.79. The van der Waals surface area contributed by atoms with E-state index in [2.05, 4.69) is 22.2 Å². The van der Waals surface area contributed by atoms with Gasteiger partial charge in [-0.3, -0.25) is 4.79 Å². The number of hydrogen-bond acceptors (Lipinski definition) is 6. The topological polar surface area (TPSA) is 84.4 Å². The maximum Gasteiger partial charge on any atom is 0.338 e. The van der Waals surface area contributed by atoms with Gasteiger partial charge in [-0.1, -0.05) is 13.0 Å². The van der Waals surface area contributed by atoms with E-state index < -0.39 is 0 Å². The van der Waals surface area contributed by atoms with E-state index in [9.17, 15) is 9.59 Å². The fraction of sp³-hybridized carbons (Fsp3) is 0.360. The Hall–Kier alpha value is -3.48. The zero-order valence-electron chi connectivity index (χ0n) is 18.7. The van der Waals surface area contributed by atoms with Crippen LogP contribution < -0.4 is 5.32 Å². The first kappa shape index (κ1) is 21.7. The van der Waals surface area contributed by atoms with E-state index in [1.54, 1.807) is 31.3 Å². The quantitative estimate of drug-likeness (QED) is 0.587. The van der Waals surface area contributed by atoms with Crippen molar-refractivity contribution in [3.63, 3.8) is 0 Å². The first-order valence-corrected chi connectivity index (χ1v) is 11.1. The molecule has 0 radical (unpaired) electrons. The van der Waals surface area contributed by atoms with Crippen LogP contribution in [0.25, 0.3) is 11.0 Å². The molecule has 1 amide bonds. The molecule has 7 nitrogen and oxygen atoms in total. The summed E-state index contributed by atoms with van der Waals surface area (Å²) in [5, 5.41) is 4.13. The molecule has 1 atom stereocenters. The summed E-state index contributed by atoms with van der Waals surface area (Å²) in [6, 6.07) is 10.9. The molecule has 1 aliphatic heterocycles. The third kappa shape index (κ3) is 4.56. The molecule has 3 aromatic rings. The van der Waals surface area contributed by atoms with Crippen molar-refractivity contribution in [3.8, 4) is 0 Å². The van der Waals surface area contributed by atoms with E-state index in [1.165, 1.54) is 0 Å². The van der Waals surface area contributed by atoms with Gasteiger partial charge in [-0.25, -0.2) is 14.8 Å². The highest BCUT2D eigenvalue weighted by atomic mass is 16.5. The SMILES string of the molecule is CCOC(=O)c1cccc(Nc2c(C(=O)N3CCCC(C)C3)cnc3nc(C)ccc23)c1. The van der Waals surface area contributed by atoms with Crippen LogP contribution in [0, 0.1) is 12.8 Å². The van der Waals surface area contributed by atoms with Gasteiger partial charge in [-0.2, -0.15) is 0 Å². The van der Waals surface area contributed by atoms with Crippen LogP contribution in [0.4, 0.5) is 11.4 Å². The molecule has 0 saturated carbocycles. The first-order chi connectivity index (χ1) is 15.5. The van der Waals surface area contributed by atoms with Crippen molar-refractivity contribution in [2.24, 2.45) is 5.92 Å². The molecule has 2 aromatic heterocycles. The Morgan fingerprint density at radius 1 is 1.25 bits per heavy atom. The summed E-state index contributed by atoms with van der Waals surface area (Å²) in [6.45, 7) is 7.64. The molecule has 4 rings (SSSR count). The molecule has 3 heterocycles. The summed E-state index contributed by atoms with van der Waals surface area (Å²) in [5.74, 6) is 0.0466. The molecular formula is C25H28N4O3. The Labute approximate surface area is 187 Å². The monoisotopic (exact) mass is 432 g/mol. The molecule has 1 aliphatic rings. The number of carbonyl (C=O) groups excluding carboxylic acids is 2. The smallest absolute Gasteiger partial charge is 0.338 e. The third-order valence-corrected chi connectivity index (χ3v) is 5.69. The largest absolute Gasteiger partial charge is 0.462 e. The van der Waals surface area contributed by atoms with Crippen LogP contribution in [0.5, 0.6) is 0 Å². The second-order valence-corrected chi connectivity index (χ2v) is 8.30. The van der Waals surface area contributed by atoms with Gasteiger partial charge < -0.3 is 15.0 Å². The van der Waals surface area contributed by atoms with Crippen LogP contribution in [0.3, 0.4) is 0 Å². The molecule has 1 unspecified atom stereocenters. The van der Waals surface area contributed by atoms with Crippen molar-refractivity contribution in [1.82, 2.24) is 14.9 Å². The van der Waals surface area contributed by atoms with Crippen LogP contribution in [0.1, 0.15) is 53.1 Å². The van der Waals surface area contributed by atoms with Gasteiger partial charge in [0.1, 0.15) is 0 Å². The van der Waals surface area contributed by atoms with Crippen LogP contribution in [0.15, 0.2) is 42.6 Å². The highest BCUT2D eigenvalue weighted by Crippen LogP contribution is 2.31. The lowest BCUT2D eigenvalue weighted by molar-refractivity contribution is 0.0526. The molecule has 32 heavy (non-hydrogen) atoms. The lowest BCUT2D eigenvalue weighted by Gasteiger charge is -2.31. The number of aromatic nitrogens is 2. The Bertz CT molecular complexity index is 1160. The molecule has 0 aliphatic carbocycles. The van der Waals surface area contributed by atoms with Gasteiger partial charge in [0, 0.05) is 36.1 Å². The number of esters is 1. The van der Waals surface area contributed by atoms with Gasteiger partial charge >= 0.3 is 5.97 Å². The first-order valence-electron chi connectivity index (χ1n) is 11.1. The molecular weight excluding hydrogens is 404 g/mol. The minimum atomic E-state index is -0.383. The summed E-state index contributed by atoms with van der Waals surface area (Å²) in [5.41, 5.74) is 3.69. The molecule has 1 aromatic carbocycles. The molecule has 7 heteroatoms. The fourth-order valence-corrected chi connectivity index (χ4v) is 4.10. The fourth-order valence-electron chi connectivity index (χ4n) is 4.10. The Balaban J connectivity index is 1.76. The Morgan fingerprint density at radius 2 is 2.09 bits per heavy atom. The number of fused-ring (bicyclic) bond motifs is 1. The van der Waals surface area contributed by atoms with Crippen molar-refractivity contribution in [2.45, 2.75) is 33.6 Å². The van der Waals surface area contributed by atoms with E-state index in [4.69, 9.17) is 4.74 Å². The van der Waals surface area contributed by atoms with Gasteiger partial charge in [0.05, 0.1) is 23.4 Å². The van der Waals surface area contributed by atoms with E-state index in [0.717, 1.165) is 37.0 Å². The maximum absolute atomic E-state index is 13.5. The van der Waals surface area contributed by atoms with E-state index in [-0.39, 0.29) is 11.9 Å². The molecule has 1 fully saturated rings. The average molecular weight is 433 g/mol. The second kappa shape index (κ2) is 9.34. The molecule has 1 N–H and O–H groups in total. The van der Waals surface area contributed by atoms with Crippen LogP contribution >= 0.6 is 0 Å². The van der Waals surface area contributed by atoms with Gasteiger partial charge in [-0.05, 0) is 62.9 Å². The number of benzene rings is 1. The highest BCUT2D eigenvalue weighted by Gasteiger charge is 2.25. The van der Waals surface area contributed by atoms with Gasteiger partial charge in [0.15, 0.2) is 5.65 Å².